The van der Waals surface area contributed by atoms with Gasteiger partial charge in [0.25, 0.3) is 5.91 Å². The summed E-state index contributed by atoms with van der Waals surface area (Å²) in [5.74, 6) is -0.936. The van der Waals surface area contributed by atoms with Crippen LogP contribution in [0.25, 0.3) is 0 Å². The van der Waals surface area contributed by atoms with Crippen molar-refractivity contribution in [1.82, 2.24) is 9.78 Å². The van der Waals surface area contributed by atoms with Crippen molar-refractivity contribution >= 4 is 11.6 Å². The van der Waals surface area contributed by atoms with Crippen molar-refractivity contribution in [3.05, 3.63) is 47.5 Å². The molecular formula is C13H14FN3O2. The molecule has 6 heteroatoms. The minimum absolute atomic E-state index is 0.145. The van der Waals surface area contributed by atoms with E-state index in [2.05, 4.69) is 10.4 Å². The fourth-order valence-electron chi connectivity index (χ4n) is 1.61. The number of aryl methyl sites for hydroxylation is 1. The normalized spacial score (nSPS) is 10.5. The minimum Gasteiger partial charge on any atom is -0.362 e. The highest BCUT2D eigenvalue weighted by molar-refractivity contribution is 6.02. The van der Waals surface area contributed by atoms with E-state index in [0.29, 0.717) is 0 Å². The van der Waals surface area contributed by atoms with Crippen LogP contribution in [-0.4, -0.2) is 22.8 Å². The van der Waals surface area contributed by atoms with Gasteiger partial charge in [0, 0.05) is 13.3 Å². The number of benzene rings is 1. The van der Waals surface area contributed by atoms with Crippen molar-refractivity contribution in [2.45, 2.75) is 13.7 Å². The summed E-state index contributed by atoms with van der Waals surface area (Å²) >= 11 is 0. The number of nitrogens with zero attached hydrogens (tertiary/aromatic N) is 2. The Kier molecular flexibility index (Phi) is 3.91. The molecule has 2 aromatic rings. The number of hydrogen-bond acceptors (Lipinski definition) is 3. The third kappa shape index (κ3) is 3.17. The number of anilines is 1. The zero-order chi connectivity index (χ0) is 13.8. The lowest BCUT2D eigenvalue weighted by Gasteiger charge is -2.05. The fraction of sp³-hybridized carbons (Fsp3) is 0.231. The van der Waals surface area contributed by atoms with Crippen molar-refractivity contribution < 1.29 is 13.9 Å². The Morgan fingerprint density at radius 2 is 2.26 bits per heavy atom. The molecule has 0 saturated carbocycles. The largest absolute Gasteiger partial charge is 0.362 e. The van der Waals surface area contributed by atoms with Gasteiger partial charge < -0.3 is 10.1 Å². The number of aromatic nitrogens is 2. The maximum Gasteiger partial charge on any atom is 0.276 e. The van der Waals surface area contributed by atoms with Crippen LogP contribution in [0, 0.1) is 12.7 Å². The van der Waals surface area contributed by atoms with Crippen molar-refractivity contribution in [3.8, 4) is 0 Å². The molecule has 0 aliphatic carbocycles. The van der Waals surface area contributed by atoms with Crippen LogP contribution in [0.4, 0.5) is 10.1 Å². The molecule has 100 valence electrons. The van der Waals surface area contributed by atoms with Gasteiger partial charge in [-0.3, -0.25) is 4.79 Å². The topological polar surface area (TPSA) is 56.1 Å². The highest BCUT2D eigenvalue weighted by atomic mass is 19.1. The van der Waals surface area contributed by atoms with E-state index in [1.165, 1.54) is 17.9 Å². The first-order valence-corrected chi connectivity index (χ1v) is 5.70. The summed E-state index contributed by atoms with van der Waals surface area (Å²) in [6.07, 6.45) is 1.62. The molecule has 2 rings (SSSR count). The average Bonchev–Trinajstić information content (AvgIpc) is 2.83. The Morgan fingerprint density at radius 3 is 3.00 bits per heavy atom. The van der Waals surface area contributed by atoms with E-state index in [1.807, 2.05) is 6.92 Å². The molecule has 19 heavy (non-hydrogen) atoms. The lowest BCUT2D eigenvalue weighted by Crippen LogP contribution is -2.14. The summed E-state index contributed by atoms with van der Waals surface area (Å²) in [7, 11) is 1.53. The summed E-state index contributed by atoms with van der Waals surface area (Å²) in [4.78, 5) is 11.9. The Labute approximate surface area is 110 Å². The van der Waals surface area contributed by atoms with Gasteiger partial charge in [0.1, 0.15) is 12.5 Å². The van der Waals surface area contributed by atoms with Gasteiger partial charge in [-0.05, 0) is 30.7 Å². The standard InChI is InChI=1S/C13H14FN3O2/c1-9-3-4-10(14)12(7-9)15-13(18)11-5-6-17(16-11)8-19-2/h3-7H,8H2,1-2H3,(H,15,18). The van der Waals surface area contributed by atoms with Gasteiger partial charge >= 0.3 is 0 Å². The molecule has 0 fully saturated rings. The van der Waals surface area contributed by atoms with E-state index >= 15 is 0 Å². The summed E-state index contributed by atoms with van der Waals surface area (Å²) in [5, 5.41) is 6.50. The van der Waals surface area contributed by atoms with Crippen molar-refractivity contribution in [2.24, 2.45) is 0 Å². The van der Waals surface area contributed by atoms with Crippen molar-refractivity contribution in [1.29, 1.82) is 0 Å². The minimum atomic E-state index is -0.477. The van der Waals surface area contributed by atoms with Crippen molar-refractivity contribution in [2.75, 3.05) is 12.4 Å². The zero-order valence-corrected chi connectivity index (χ0v) is 10.7. The molecule has 5 nitrogen and oxygen atoms in total. The van der Waals surface area contributed by atoms with E-state index in [-0.39, 0.29) is 18.1 Å². The second kappa shape index (κ2) is 5.62. The summed E-state index contributed by atoms with van der Waals surface area (Å²) < 4.78 is 19.9. The number of nitrogens with one attached hydrogen (secondary N) is 1. The van der Waals surface area contributed by atoms with Gasteiger partial charge in [-0.2, -0.15) is 5.10 Å². The molecule has 0 spiro atoms. The lowest BCUT2D eigenvalue weighted by atomic mass is 10.2. The number of amides is 1. The monoisotopic (exact) mass is 263 g/mol. The molecule has 1 aromatic carbocycles. The van der Waals surface area contributed by atoms with Crippen molar-refractivity contribution in [3.63, 3.8) is 0 Å². The summed E-state index contributed by atoms with van der Waals surface area (Å²) in [5.41, 5.74) is 1.21. The zero-order valence-electron chi connectivity index (χ0n) is 10.7. The first-order valence-electron chi connectivity index (χ1n) is 5.70. The third-order valence-corrected chi connectivity index (χ3v) is 2.50. The van der Waals surface area contributed by atoms with Gasteiger partial charge in [-0.15, -0.1) is 0 Å². The van der Waals surface area contributed by atoms with Gasteiger partial charge in [-0.25, -0.2) is 9.07 Å². The summed E-state index contributed by atoms with van der Waals surface area (Å²) in [6.45, 7) is 2.08. The van der Waals surface area contributed by atoms with E-state index in [9.17, 15) is 9.18 Å². The smallest absolute Gasteiger partial charge is 0.276 e. The molecule has 0 aliphatic heterocycles. The molecule has 0 radical (unpaired) electrons. The number of carbonyl (C=O) groups excluding carboxylic acids is 1. The number of rotatable bonds is 4. The molecule has 1 heterocycles. The quantitative estimate of drug-likeness (QED) is 0.919. The molecule has 0 bridgehead atoms. The lowest BCUT2D eigenvalue weighted by molar-refractivity contribution is 0.101. The first-order chi connectivity index (χ1) is 9.10. The Morgan fingerprint density at radius 1 is 1.47 bits per heavy atom. The van der Waals surface area contributed by atoms with Crippen LogP contribution in [0.5, 0.6) is 0 Å². The van der Waals surface area contributed by atoms with Crippen LogP contribution < -0.4 is 5.32 Å². The molecule has 1 amide bonds. The second-order valence-corrected chi connectivity index (χ2v) is 4.10. The number of hydrogen-bond donors (Lipinski definition) is 1. The number of methoxy groups -OCH3 is 1. The molecule has 1 N–H and O–H groups in total. The van der Waals surface area contributed by atoms with E-state index in [1.54, 1.807) is 24.4 Å². The second-order valence-electron chi connectivity index (χ2n) is 4.10. The van der Waals surface area contributed by atoms with E-state index in [0.717, 1.165) is 5.56 Å². The van der Waals surface area contributed by atoms with E-state index < -0.39 is 11.7 Å². The predicted molar refractivity (Wildman–Crippen MR) is 68.3 cm³/mol. The van der Waals surface area contributed by atoms with Crippen LogP contribution in [0.1, 0.15) is 16.1 Å². The molecule has 1 aromatic heterocycles. The highest BCUT2D eigenvalue weighted by Gasteiger charge is 2.12. The van der Waals surface area contributed by atoms with Crippen LogP contribution >= 0.6 is 0 Å². The highest BCUT2D eigenvalue weighted by Crippen LogP contribution is 2.16. The van der Waals surface area contributed by atoms with Gasteiger partial charge in [0.2, 0.25) is 0 Å². The van der Waals surface area contributed by atoms with E-state index in [4.69, 9.17) is 4.74 Å². The Hall–Kier alpha value is -2.21. The number of halogens is 1. The maximum absolute atomic E-state index is 13.5. The predicted octanol–water partition coefficient (Wildman–Crippen LogP) is 2.19. The molecule has 0 atom stereocenters. The van der Waals surface area contributed by atoms with Crippen LogP contribution in [-0.2, 0) is 11.5 Å². The SMILES string of the molecule is COCn1ccc(C(=O)Nc2cc(C)ccc2F)n1. The fourth-order valence-corrected chi connectivity index (χ4v) is 1.61. The van der Waals surface area contributed by atoms with Crippen LogP contribution in [0.2, 0.25) is 0 Å². The summed E-state index contributed by atoms with van der Waals surface area (Å²) in [6, 6.07) is 6.06. The van der Waals surface area contributed by atoms with Gasteiger partial charge in [0.05, 0.1) is 5.69 Å². The van der Waals surface area contributed by atoms with Gasteiger partial charge in [0.15, 0.2) is 5.69 Å². The van der Waals surface area contributed by atoms with Gasteiger partial charge in [-0.1, -0.05) is 6.07 Å². The molecular weight excluding hydrogens is 249 g/mol. The van der Waals surface area contributed by atoms with Crippen LogP contribution in [0.15, 0.2) is 30.5 Å². The average molecular weight is 263 g/mol. The maximum atomic E-state index is 13.5. The van der Waals surface area contributed by atoms with Crippen LogP contribution in [0.3, 0.4) is 0 Å². The molecule has 0 saturated heterocycles. The Bertz CT molecular complexity index is 595. The Balaban J connectivity index is 2.13. The number of ether oxygens (including phenoxy) is 1. The number of carbonyl (C=O) groups is 1. The third-order valence-electron chi connectivity index (χ3n) is 2.50. The molecule has 0 aliphatic rings. The first kappa shape index (κ1) is 13.2. The molecule has 0 unspecified atom stereocenters.